The molecule has 112 valence electrons. The van der Waals surface area contributed by atoms with E-state index in [-0.39, 0.29) is 16.0 Å². The van der Waals surface area contributed by atoms with Gasteiger partial charge < -0.3 is 5.73 Å². The molecule has 0 atom stereocenters. The molecule has 0 fully saturated rings. The number of aromatic nitrogens is 3. The van der Waals surface area contributed by atoms with Crippen LogP contribution in [0.2, 0.25) is 5.15 Å². The van der Waals surface area contributed by atoms with Gasteiger partial charge >= 0.3 is 0 Å². The second-order valence-electron chi connectivity index (χ2n) is 4.39. The highest BCUT2D eigenvalue weighted by molar-refractivity contribution is 7.92. The number of nitrogens with one attached hydrogen (secondary N) is 1. The second-order valence-corrected chi connectivity index (χ2v) is 6.46. The molecule has 0 saturated heterocycles. The lowest BCUT2D eigenvalue weighted by molar-refractivity contribution is 0.600. The van der Waals surface area contributed by atoms with Crippen molar-refractivity contribution in [2.45, 2.75) is 4.90 Å². The number of sulfonamides is 1. The first-order valence-electron chi connectivity index (χ1n) is 6.11. The van der Waals surface area contributed by atoms with Gasteiger partial charge in [-0.25, -0.2) is 23.4 Å². The Kier molecular flexibility index (Phi) is 3.55. The number of halogens is 1. The van der Waals surface area contributed by atoms with Crippen LogP contribution in [0.25, 0.3) is 10.9 Å². The van der Waals surface area contributed by atoms with Crippen molar-refractivity contribution in [3.8, 4) is 0 Å². The third-order valence-electron chi connectivity index (χ3n) is 2.89. The van der Waals surface area contributed by atoms with Gasteiger partial charge in [0.25, 0.3) is 10.0 Å². The van der Waals surface area contributed by atoms with E-state index in [2.05, 4.69) is 19.7 Å². The van der Waals surface area contributed by atoms with Gasteiger partial charge in [-0.05, 0) is 18.2 Å². The molecule has 7 nitrogen and oxygen atoms in total. The predicted octanol–water partition coefficient (Wildman–Crippen LogP) is 2.06. The number of benzene rings is 1. The summed E-state index contributed by atoms with van der Waals surface area (Å²) in [6, 6.07) is 8.52. The molecule has 3 rings (SSSR count). The second kappa shape index (κ2) is 5.39. The van der Waals surface area contributed by atoms with Crippen LogP contribution in [-0.4, -0.2) is 23.4 Å². The van der Waals surface area contributed by atoms with Crippen molar-refractivity contribution in [1.82, 2.24) is 15.0 Å². The molecule has 22 heavy (non-hydrogen) atoms. The van der Waals surface area contributed by atoms with Crippen LogP contribution in [-0.2, 0) is 10.0 Å². The van der Waals surface area contributed by atoms with Crippen molar-refractivity contribution < 1.29 is 8.42 Å². The molecule has 2 heterocycles. The van der Waals surface area contributed by atoms with E-state index in [9.17, 15) is 8.42 Å². The Bertz CT molecular complexity index is 944. The van der Waals surface area contributed by atoms with Crippen LogP contribution in [0.4, 0.5) is 11.6 Å². The Hall–Kier alpha value is -2.45. The number of fused-ring (bicyclic) bond motifs is 1. The van der Waals surface area contributed by atoms with Crippen LogP contribution in [0.3, 0.4) is 0 Å². The summed E-state index contributed by atoms with van der Waals surface area (Å²) in [5.41, 5.74) is 6.12. The summed E-state index contributed by atoms with van der Waals surface area (Å²) in [6.45, 7) is 0. The Balaban J connectivity index is 2.06. The molecule has 3 aromatic rings. The van der Waals surface area contributed by atoms with Crippen LogP contribution >= 0.6 is 11.6 Å². The van der Waals surface area contributed by atoms with E-state index < -0.39 is 10.0 Å². The smallest absolute Gasteiger partial charge is 0.265 e. The van der Waals surface area contributed by atoms with E-state index in [4.69, 9.17) is 17.3 Å². The lowest BCUT2D eigenvalue weighted by Gasteiger charge is -2.10. The average Bonchev–Trinajstić information content (AvgIpc) is 2.48. The first kappa shape index (κ1) is 14.5. The van der Waals surface area contributed by atoms with Gasteiger partial charge in [-0.15, -0.1) is 0 Å². The van der Waals surface area contributed by atoms with Crippen molar-refractivity contribution in [1.29, 1.82) is 0 Å². The quantitative estimate of drug-likeness (QED) is 0.709. The molecule has 0 bridgehead atoms. The first-order chi connectivity index (χ1) is 10.5. The summed E-state index contributed by atoms with van der Waals surface area (Å²) in [6.07, 6.45) is 2.27. The van der Waals surface area contributed by atoms with Crippen molar-refractivity contribution >= 4 is 44.2 Å². The maximum absolute atomic E-state index is 12.3. The van der Waals surface area contributed by atoms with E-state index >= 15 is 0 Å². The molecule has 0 aliphatic carbocycles. The number of para-hydroxylation sites is 1. The van der Waals surface area contributed by atoms with Gasteiger partial charge in [-0.3, -0.25) is 4.72 Å². The molecule has 2 aromatic heterocycles. The Labute approximate surface area is 131 Å². The Morgan fingerprint density at radius 2 is 1.82 bits per heavy atom. The maximum Gasteiger partial charge on any atom is 0.265 e. The van der Waals surface area contributed by atoms with E-state index in [1.54, 1.807) is 24.3 Å². The third kappa shape index (κ3) is 2.78. The summed E-state index contributed by atoms with van der Waals surface area (Å²) in [4.78, 5) is 11.4. The SMILES string of the molecule is Nc1ncc(S(=O)(=O)Nc2cccc3ccc(Cl)nc23)cn1. The fourth-order valence-electron chi connectivity index (χ4n) is 1.87. The summed E-state index contributed by atoms with van der Waals surface area (Å²) in [5.74, 6) is -0.00226. The van der Waals surface area contributed by atoms with Gasteiger partial charge in [0.15, 0.2) is 0 Å². The number of hydrogen-bond acceptors (Lipinski definition) is 6. The number of anilines is 2. The predicted molar refractivity (Wildman–Crippen MR) is 84.0 cm³/mol. The van der Waals surface area contributed by atoms with Gasteiger partial charge in [0, 0.05) is 5.39 Å². The highest BCUT2D eigenvalue weighted by Crippen LogP contribution is 2.25. The van der Waals surface area contributed by atoms with Crippen LogP contribution < -0.4 is 10.5 Å². The van der Waals surface area contributed by atoms with Crippen LogP contribution in [0.15, 0.2) is 47.6 Å². The number of nitrogens with two attached hydrogens (primary N) is 1. The van der Waals surface area contributed by atoms with Crippen molar-refractivity contribution in [2.75, 3.05) is 10.5 Å². The van der Waals surface area contributed by atoms with Crippen molar-refractivity contribution in [3.63, 3.8) is 0 Å². The molecule has 0 unspecified atom stereocenters. The average molecular weight is 336 g/mol. The van der Waals surface area contributed by atoms with E-state index in [0.29, 0.717) is 11.2 Å². The molecule has 1 aromatic carbocycles. The van der Waals surface area contributed by atoms with Crippen LogP contribution in [0, 0.1) is 0 Å². The van der Waals surface area contributed by atoms with Crippen LogP contribution in [0.1, 0.15) is 0 Å². The number of nitrogen functional groups attached to an aromatic ring is 1. The summed E-state index contributed by atoms with van der Waals surface area (Å²) >= 11 is 5.87. The summed E-state index contributed by atoms with van der Waals surface area (Å²) in [7, 11) is -3.85. The Morgan fingerprint density at radius 3 is 2.55 bits per heavy atom. The molecular weight excluding hydrogens is 326 g/mol. The van der Waals surface area contributed by atoms with Crippen molar-refractivity contribution in [2.24, 2.45) is 0 Å². The summed E-state index contributed by atoms with van der Waals surface area (Å²) in [5, 5.41) is 1.04. The number of rotatable bonds is 3. The van der Waals surface area contributed by atoms with Crippen molar-refractivity contribution in [3.05, 3.63) is 47.9 Å². The normalized spacial score (nSPS) is 11.5. The van der Waals surface area contributed by atoms with Gasteiger partial charge in [-0.2, -0.15) is 0 Å². The Morgan fingerprint density at radius 1 is 1.09 bits per heavy atom. The van der Waals surface area contributed by atoms with E-state index in [0.717, 1.165) is 17.8 Å². The molecule has 0 aliphatic heterocycles. The van der Waals surface area contributed by atoms with Gasteiger partial charge in [0.2, 0.25) is 5.95 Å². The minimum Gasteiger partial charge on any atom is -0.368 e. The number of hydrogen-bond donors (Lipinski definition) is 2. The highest BCUT2D eigenvalue weighted by Gasteiger charge is 2.17. The van der Waals surface area contributed by atoms with Gasteiger partial charge in [-0.1, -0.05) is 23.7 Å². The monoisotopic (exact) mass is 335 g/mol. The third-order valence-corrected chi connectivity index (χ3v) is 4.42. The van der Waals surface area contributed by atoms with Crippen LogP contribution in [0.5, 0.6) is 0 Å². The zero-order chi connectivity index (χ0) is 15.7. The van der Waals surface area contributed by atoms with E-state index in [1.807, 2.05) is 6.07 Å². The zero-order valence-corrected chi connectivity index (χ0v) is 12.6. The molecule has 3 N–H and O–H groups in total. The summed E-state index contributed by atoms with van der Waals surface area (Å²) < 4.78 is 27.2. The highest BCUT2D eigenvalue weighted by atomic mass is 35.5. The van der Waals surface area contributed by atoms with Gasteiger partial charge in [0.05, 0.1) is 23.6 Å². The zero-order valence-electron chi connectivity index (χ0n) is 11.1. The molecule has 0 saturated carbocycles. The fourth-order valence-corrected chi connectivity index (χ4v) is 2.98. The molecule has 0 radical (unpaired) electrons. The minimum absolute atomic E-state index is 0.00226. The first-order valence-corrected chi connectivity index (χ1v) is 7.97. The molecule has 0 spiro atoms. The lowest BCUT2D eigenvalue weighted by Crippen LogP contribution is -2.14. The maximum atomic E-state index is 12.3. The number of nitrogens with zero attached hydrogens (tertiary/aromatic N) is 3. The fraction of sp³-hybridized carbons (Fsp3) is 0. The standard InChI is InChI=1S/C13H10ClN5O2S/c14-11-5-4-8-2-1-3-10(12(8)18-11)19-22(20,21)9-6-16-13(15)17-7-9/h1-7,19H,(H2,15,16,17). The lowest BCUT2D eigenvalue weighted by atomic mass is 10.2. The molecule has 9 heteroatoms. The topological polar surface area (TPSA) is 111 Å². The van der Waals surface area contributed by atoms with Gasteiger partial charge in [0.1, 0.15) is 10.0 Å². The molecule has 0 amide bonds. The van der Waals surface area contributed by atoms with E-state index in [1.165, 1.54) is 0 Å². The molecular formula is C13H10ClN5O2S. The molecule has 0 aliphatic rings. The number of pyridine rings is 1. The largest absolute Gasteiger partial charge is 0.368 e. The minimum atomic E-state index is -3.85.